The number of carbonyl (C=O) groups excluding carboxylic acids is 1. The number of hydrogen-bond donors (Lipinski definition) is 1. The molecule has 1 aromatic carbocycles. The van der Waals surface area contributed by atoms with Crippen LogP contribution in [0.15, 0.2) is 4.99 Å². The second-order valence-corrected chi connectivity index (χ2v) is 4.85. The molecular formula is C11H7F5N2O2S. The minimum atomic E-state index is -2.29. The van der Waals surface area contributed by atoms with E-state index in [-0.39, 0.29) is 0 Å². The number of benzene rings is 1. The molecule has 1 amide bonds. The molecule has 0 unspecified atom stereocenters. The number of aliphatic imine (C=N–C) groups is 1. The molecule has 1 aromatic rings. The van der Waals surface area contributed by atoms with Gasteiger partial charge in [-0.2, -0.15) is 8.78 Å². The van der Waals surface area contributed by atoms with Crippen LogP contribution in [0.3, 0.4) is 0 Å². The van der Waals surface area contributed by atoms with Gasteiger partial charge in [-0.1, -0.05) is 11.8 Å². The summed E-state index contributed by atoms with van der Waals surface area (Å²) in [6.45, 7) is -0.406. The van der Waals surface area contributed by atoms with Gasteiger partial charge in [0.1, 0.15) is 0 Å². The lowest BCUT2D eigenvalue weighted by Crippen LogP contribution is -2.32. The summed E-state index contributed by atoms with van der Waals surface area (Å²) in [5.41, 5.74) is 0. The average Bonchev–Trinajstić information content (AvgIpc) is 2.96. The third-order valence-corrected chi connectivity index (χ3v) is 3.24. The smallest absolute Gasteiger partial charge is 0.263 e. The molecule has 0 spiro atoms. The Morgan fingerprint density at radius 2 is 1.67 bits per heavy atom. The van der Waals surface area contributed by atoms with Gasteiger partial charge in [-0.25, -0.2) is 13.2 Å². The molecule has 0 atom stereocenters. The number of amidine groups is 1. The summed E-state index contributed by atoms with van der Waals surface area (Å²) in [6, 6.07) is 0. The van der Waals surface area contributed by atoms with E-state index in [0.717, 1.165) is 0 Å². The van der Waals surface area contributed by atoms with Gasteiger partial charge in [0.2, 0.25) is 29.1 Å². The summed E-state index contributed by atoms with van der Waals surface area (Å²) in [5, 5.41) is 2.58. The van der Waals surface area contributed by atoms with Crippen molar-refractivity contribution in [2.24, 2.45) is 4.99 Å². The molecule has 1 N–H and O–H groups in total. The van der Waals surface area contributed by atoms with Crippen LogP contribution >= 0.6 is 11.8 Å². The fourth-order valence-electron chi connectivity index (χ4n) is 1.42. The molecular weight excluding hydrogens is 319 g/mol. The SMILES string of the molecule is O=C(COc1c(F)c(F)c(F)c(F)c1F)NC1=NCCS1. The maximum absolute atomic E-state index is 13.3. The monoisotopic (exact) mass is 326 g/mol. The van der Waals surface area contributed by atoms with Gasteiger partial charge in [-0.3, -0.25) is 9.79 Å². The van der Waals surface area contributed by atoms with Crippen LogP contribution in [0.4, 0.5) is 22.0 Å². The minimum Gasteiger partial charge on any atom is -0.477 e. The number of carbonyl (C=O) groups is 1. The van der Waals surface area contributed by atoms with E-state index in [4.69, 9.17) is 0 Å². The molecule has 4 nitrogen and oxygen atoms in total. The van der Waals surface area contributed by atoms with Gasteiger partial charge in [-0.05, 0) is 0 Å². The Bertz CT molecular complexity index is 594. The largest absolute Gasteiger partial charge is 0.477 e. The first-order chi connectivity index (χ1) is 9.91. The van der Waals surface area contributed by atoms with E-state index in [1.165, 1.54) is 11.8 Å². The number of nitrogens with one attached hydrogen (secondary N) is 1. The van der Waals surface area contributed by atoms with Crippen LogP contribution in [0.1, 0.15) is 0 Å². The molecule has 10 heteroatoms. The maximum Gasteiger partial charge on any atom is 0.263 e. The number of nitrogens with zero attached hydrogens (tertiary/aromatic N) is 1. The van der Waals surface area contributed by atoms with Crippen molar-refractivity contribution in [1.29, 1.82) is 0 Å². The number of halogens is 5. The standard InChI is InChI=1S/C11H7F5N2O2S/c12-5-6(13)8(15)10(9(16)7(5)14)20-3-4(19)18-11-17-1-2-21-11/h1-3H2,(H,17,18,19). The third kappa shape index (κ3) is 3.26. The lowest BCUT2D eigenvalue weighted by atomic mass is 10.2. The summed E-state index contributed by atoms with van der Waals surface area (Å²) < 4.78 is 69.5. The number of thioether (sulfide) groups is 1. The highest BCUT2D eigenvalue weighted by Crippen LogP contribution is 2.28. The maximum atomic E-state index is 13.3. The first kappa shape index (κ1) is 15.5. The van der Waals surface area contributed by atoms with Gasteiger partial charge in [0.25, 0.3) is 5.91 Å². The molecule has 0 radical (unpaired) electrons. The van der Waals surface area contributed by atoms with E-state index in [2.05, 4.69) is 15.0 Å². The van der Waals surface area contributed by atoms with E-state index in [1.54, 1.807) is 0 Å². The Morgan fingerprint density at radius 3 is 2.19 bits per heavy atom. The normalized spacial score (nSPS) is 14.0. The zero-order valence-electron chi connectivity index (χ0n) is 10.2. The van der Waals surface area contributed by atoms with E-state index in [0.29, 0.717) is 17.5 Å². The molecule has 0 fully saturated rings. The van der Waals surface area contributed by atoms with Crippen LogP contribution in [0, 0.1) is 29.1 Å². The highest BCUT2D eigenvalue weighted by molar-refractivity contribution is 8.14. The second kappa shape index (κ2) is 6.29. The minimum absolute atomic E-state index is 0.306. The lowest BCUT2D eigenvalue weighted by molar-refractivity contribution is -0.121. The Kier molecular flexibility index (Phi) is 4.66. The van der Waals surface area contributed by atoms with Crippen LogP contribution in [0.5, 0.6) is 5.75 Å². The third-order valence-electron chi connectivity index (χ3n) is 2.35. The van der Waals surface area contributed by atoms with Gasteiger partial charge in [0, 0.05) is 5.75 Å². The molecule has 2 rings (SSSR count). The quantitative estimate of drug-likeness (QED) is 0.525. The van der Waals surface area contributed by atoms with Crippen molar-refractivity contribution in [2.75, 3.05) is 18.9 Å². The van der Waals surface area contributed by atoms with Gasteiger partial charge in [0.15, 0.2) is 17.5 Å². The van der Waals surface area contributed by atoms with E-state index in [9.17, 15) is 26.7 Å². The van der Waals surface area contributed by atoms with E-state index < -0.39 is 47.3 Å². The molecule has 1 aliphatic rings. The molecule has 114 valence electrons. The van der Waals surface area contributed by atoms with Crippen LogP contribution in [-0.4, -0.2) is 30.0 Å². The van der Waals surface area contributed by atoms with E-state index in [1.807, 2.05) is 0 Å². The van der Waals surface area contributed by atoms with Crippen molar-refractivity contribution >= 4 is 22.8 Å². The Hall–Kier alpha value is -1.84. The lowest BCUT2D eigenvalue weighted by Gasteiger charge is -2.10. The van der Waals surface area contributed by atoms with Crippen molar-refractivity contribution in [3.63, 3.8) is 0 Å². The molecule has 1 aliphatic heterocycles. The number of rotatable bonds is 3. The van der Waals surface area contributed by atoms with Crippen LogP contribution in [-0.2, 0) is 4.79 Å². The van der Waals surface area contributed by atoms with Gasteiger partial charge >= 0.3 is 0 Å². The number of ether oxygens (including phenoxy) is 1. The molecule has 21 heavy (non-hydrogen) atoms. The molecule has 0 bridgehead atoms. The van der Waals surface area contributed by atoms with Crippen molar-refractivity contribution in [3.05, 3.63) is 29.1 Å². The topological polar surface area (TPSA) is 50.7 Å². The Balaban J connectivity index is 2.08. The molecule has 0 aliphatic carbocycles. The summed E-state index contributed by atoms with van der Waals surface area (Å²) in [6.07, 6.45) is 0. The Labute approximate surface area is 119 Å². The zero-order valence-corrected chi connectivity index (χ0v) is 11.0. The fourth-order valence-corrected chi connectivity index (χ4v) is 2.16. The summed E-state index contributed by atoms with van der Waals surface area (Å²) >= 11 is 1.25. The van der Waals surface area contributed by atoms with Crippen LogP contribution < -0.4 is 10.1 Å². The molecule has 1 heterocycles. The molecule has 0 saturated heterocycles. The number of hydrogen-bond acceptors (Lipinski definition) is 4. The van der Waals surface area contributed by atoms with Crippen LogP contribution in [0.2, 0.25) is 0 Å². The first-order valence-electron chi connectivity index (χ1n) is 5.53. The van der Waals surface area contributed by atoms with Crippen LogP contribution in [0.25, 0.3) is 0 Å². The predicted octanol–water partition coefficient (Wildman–Crippen LogP) is 1.98. The highest BCUT2D eigenvalue weighted by atomic mass is 32.2. The van der Waals surface area contributed by atoms with E-state index >= 15 is 0 Å². The fraction of sp³-hybridized carbons (Fsp3) is 0.273. The summed E-state index contributed by atoms with van der Waals surface area (Å²) in [5.74, 6) is -12.5. The summed E-state index contributed by atoms with van der Waals surface area (Å²) in [4.78, 5) is 15.3. The van der Waals surface area contributed by atoms with Crippen molar-refractivity contribution < 1.29 is 31.5 Å². The predicted molar refractivity (Wildman–Crippen MR) is 64.6 cm³/mol. The summed E-state index contributed by atoms with van der Waals surface area (Å²) in [7, 11) is 0. The second-order valence-electron chi connectivity index (χ2n) is 3.77. The zero-order chi connectivity index (χ0) is 15.6. The highest BCUT2D eigenvalue weighted by Gasteiger charge is 2.27. The van der Waals surface area contributed by atoms with Crippen molar-refractivity contribution in [3.8, 4) is 5.75 Å². The van der Waals surface area contributed by atoms with Gasteiger partial charge in [0.05, 0.1) is 6.54 Å². The van der Waals surface area contributed by atoms with Gasteiger partial charge < -0.3 is 10.1 Å². The number of amides is 1. The van der Waals surface area contributed by atoms with Crippen molar-refractivity contribution in [1.82, 2.24) is 5.32 Å². The Morgan fingerprint density at radius 1 is 1.10 bits per heavy atom. The molecule has 0 aromatic heterocycles. The van der Waals surface area contributed by atoms with Crippen molar-refractivity contribution in [2.45, 2.75) is 0 Å². The first-order valence-corrected chi connectivity index (χ1v) is 6.51. The van der Waals surface area contributed by atoms with Gasteiger partial charge in [-0.15, -0.1) is 0 Å². The molecule has 0 saturated carbocycles. The average molecular weight is 326 g/mol.